The molecule has 0 bridgehead atoms. The van der Waals surface area contributed by atoms with Crippen LogP contribution in [0.3, 0.4) is 0 Å². The van der Waals surface area contributed by atoms with E-state index in [0.29, 0.717) is 0 Å². The lowest BCUT2D eigenvalue weighted by atomic mass is 9.54. The van der Waals surface area contributed by atoms with Crippen molar-refractivity contribution in [3.8, 4) is 0 Å². The molecule has 3 aliphatic rings. The average molecular weight is 137 g/mol. The van der Waals surface area contributed by atoms with Crippen molar-refractivity contribution in [3.63, 3.8) is 0 Å². The molecule has 56 valence electrons. The number of hydrogen-bond acceptors (Lipinski definition) is 1. The molecule has 10 heavy (non-hydrogen) atoms. The average Bonchev–Trinajstić information content (AvgIpc) is 2.70. The minimum atomic E-state index is 0.751. The third-order valence-electron chi connectivity index (χ3n) is 3.95. The van der Waals surface area contributed by atoms with E-state index in [-0.39, 0.29) is 0 Å². The second-order valence-corrected chi connectivity index (χ2v) is 4.58. The van der Waals surface area contributed by atoms with Crippen molar-refractivity contribution in [2.24, 2.45) is 11.3 Å². The van der Waals surface area contributed by atoms with Crippen molar-refractivity contribution >= 4 is 0 Å². The third kappa shape index (κ3) is 0.460. The summed E-state index contributed by atoms with van der Waals surface area (Å²) in [5, 5.41) is 3.68. The zero-order chi connectivity index (χ0) is 6.77. The largest absolute Gasteiger partial charge is 0.310 e. The fourth-order valence-electron chi connectivity index (χ4n) is 2.80. The molecule has 0 radical (unpaired) electrons. The van der Waals surface area contributed by atoms with Crippen molar-refractivity contribution in [3.05, 3.63) is 0 Å². The first kappa shape index (κ1) is 5.59. The highest BCUT2D eigenvalue weighted by Gasteiger charge is 2.60. The van der Waals surface area contributed by atoms with Crippen LogP contribution in [0.5, 0.6) is 0 Å². The summed E-state index contributed by atoms with van der Waals surface area (Å²) in [6, 6.07) is 1.84. The summed E-state index contributed by atoms with van der Waals surface area (Å²) in [4.78, 5) is 0. The highest BCUT2D eigenvalue weighted by molar-refractivity contribution is 5.17. The Bertz CT molecular complexity index is 174. The normalized spacial score (nSPS) is 58.5. The monoisotopic (exact) mass is 137 g/mol. The van der Waals surface area contributed by atoms with Gasteiger partial charge in [-0.1, -0.05) is 6.92 Å². The van der Waals surface area contributed by atoms with Crippen molar-refractivity contribution < 1.29 is 0 Å². The highest BCUT2D eigenvalue weighted by atomic mass is 15.1. The Balaban J connectivity index is 1.78. The number of hydrogen-bond donors (Lipinski definition) is 1. The van der Waals surface area contributed by atoms with Gasteiger partial charge in [-0.3, -0.25) is 0 Å². The third-order valence-corrected chi connectivity index (χ3v) is 3.95. The molecule has 1 saturated heterocycles. The topological polar surface area (TPSA) is 12.0 Å². The van der Waals surface area contributed by atoms with E-state index in [2.05, 4.69) is 12.2 Å². The van der Waals surface area contributed by atoms with E-state index in [0.717, 1.165) is 23.4 Å². The lowest BCUT2D eigenvalue weighted by Crippen LogP contribution is -2.74. The maximum absolute atomic E-state index is 3.68. The molecule has 0 aromatic carbocycles. The van der Waals surface area contributed by atoms with Crippen molar-refractivity contribution in [1.82, 2.24) is 5.32 Å². The van der Waals surface area contributed by atoms with E-state index in [4.69, 9.17) is 0 Å². The van der Waals surface area contributed by atoms with Gasteiger partial charge in [-0.25, -0.2) is 0 Å². The van der Waals surface area contributed by atoms with Gasteiger partial charge < -0.3 is 5.32 Å². The minimum Gasteiger partial charge on any atom is -0.310 e. The molecule has 1 N–H and O–H groups in total. The molecule has 0 amide bonds. The van der Waals surface area contributed by atoms with Gasteiger partial charge in [-0.15, -0.1) is 0 Å². The molecule has 3 unspecified atom stereocenters. The van der Waals surface area contributed by atoms with Gasteiger partial charge >= 0.3 is 0 Å². The number of fused-ring (bicyclic) bond motifs is 1. The Kier molecular flexibility index (Phi) is 0.797. The van der Waals surface area contributed by atoms with Gasteiger partial charge in [0.15, 0.2) is 0 Å². The summed E-state index contributed by atoms with van der Waals surface area (Å²) in [5.74, 6) is 1.07. The predicted molar refractivity (Wildman–Crippen MR) is 40.8 cm³/mol. The van der Waals surface area contributed by atoms with Crippen molar-refractivity contribution in [2.75, 3.05) is 0 Å². The molecule has 0 aromatic rings. The summed E-state index contributed by atoms with van der Waals surface area (Å²) in [5.41, 5.74) is 0.751. The minimum absolute atomic E-state index is 0.751. The summed E-state index contributed by atoms with van der Waals surface area (Å²) in [6.45, 7) is 2.47. The van der Waals surface area contributed by atoms with Crippen molar-refractivity contribution in [1.29, 1.82) is 0 Å². The van der Waals surface area contributed by atoms with E-state index in [1.165, 1.54) is 25.7 Å². The van der Waals surface area contributed by atoms with Gasteiger partial charge in [0.25, 0.3) is 0 Å². The number of piperidine rings is 1. The zero-order valence-electron chi connectivity index (χ0n) is 6.56. The Labute approximate surface area is 62.2 Å². The molecular formula is C9H15N. The van der Waals surface area contributed by atoms with E-state index in [1.807, 2.05) is 0 Å². The maximum atomic E-state index is 3.68. The molecule has 0 spiro atoms. The molecule has 1 heterocycles. The summed E-state index contributed by atoms with van der Waals surface area (Å²) in [7, 11) is 0. The van der Waals surface area contributed by atoms with Crippen LogP contribution in [0.4, 0.5) is 0 Å². The zero-order valence-corrected chi connectivity index (χ0v) is 6.56. The molecule has 3 rings (SSSR count). The smallest absolute Gasteiger partial charge is 0.0167 e. The summed E-state index contributed by atoms with van der Waals surface area (Å²) in [6.07, 6.45) is 5.94. The van der Waals surface area contributed by atoms with Crippen LogP contribution < -0.4 is 5.32 Å². The van der Waals surface area contributed by atoms with Crippen LogP contribution in [0.15, 0.2) is 0 Å². The molecule has 1 heteroatoms. The van der Waals surface area contributed by atoms with Gasteiger partial charge in [0, 0.05) is 12.1 Å². The quantitative estimate of drug-likeness (QED) is 0.578. The van der Waals surface area contributed by atoms with Gasteiger partial charge in [-0.05, 0) is 37.0 Å². The maximum Gasteiger partial charge on any atom is 0.0167 e. The highest BCUT2D eigenvalue weighted by Crippen LogP contribution is 2.57. The molecule has 3 atom stereocenters. The van der Waals surface area contributed by atoms with Gasteiger partial charge in [0.1, 0.15) is 0 Å². The van der Waals surface area contributed by atoms with Crippen molar-refractivity contribution in [2.45, 2.75) is 44.7 Å². The summed E-state index contributed by atoms with van der Waals surface area (Å²) < 4.78 is 0. The van der Waals surface area contributed by atoms with E-state index < -0.39 is 0 Å². The number of rotatable bonds is 1. The van der Waals surface area contributed by atoms with Crippen LogP contribution in [-0.4, -0.2) is 12.1 Å². The molecular weight excluding hydrogens is 122 g/mol. The Hall–Kier alpha value is -0.0400. The first-order valence-corrected chi connectivity index (χ1v) is 4.57. The Morgan fingerprint density at radius 3 is 2.40 bits per heavy atom. The van der Waals surface area contributed by atoms with Crippen LogP contribution in [0.2, 0.25) is 0 Å². The predicted octanol–water partition coefficient (Wildman–Crippen LogP) is 1.54. The first-order chi connectivity index (χ1) is 4.81. The summed E-state index contributed by atoms with van der Waals surface area (Å²) >= 11 is 0. The Morgan fingerprint density at radius 2 is 2.10 bits per heavy atom. The van der Waals surface area contributed by atoms with Crippen LogP contribution in [-0.2, 0) is 0 Å². The lowest BCUT2D eigenvalue weighted by molar-refractivity contribution is -0.0723. The first-order valence-electron chi connectivity index (χ1n) is 4.57. The van der Waals surface area contributed by atoms with Gasteiger partial charge in [-0.2, -0.15) is 0 Å². The van der Waals surface area contributed by atoms with Crippen LogP contribution in [0.1, 0.15) is 32.6 Å². The lowest BCUT2D eigenvalue weighted by Gasteiger charge is -2.63. The van der Waals surface area contributed by atoms with E-state index in [9.17, 15) is 0 Å². The van der Waals surface area contributed by atoms with Crippen LogP contribution in [0.25, 0.3) is 0 Å². The van der Waals surface area contributed by atoms with Crippen LogP contribution >= 0.6 is 0 Å². The molecule has 3 fully saturated rings. The fraction of sp³-hybridized carbons (Fsp3) is 1.00. The molecule has 1 nitrogen and oxygen atoms in total. The molecule has 1 aliphatic heterocycles. The van der Waals surface area contributed by atoms with Gasteiger partial charge in [0.05, 0.1) is 0 Å². The Morgan fingerprint density at radius 1 is 1.30 bits per heavy atom. The van der Waals surface area contributed by atoms with Gasteiger partial charge in [0.2, 0.25) is 0 Å². The number of nitrogens with one attached hydrogen (secondary N) is 1. The molecule has 0 aromatic heterocycles. The van der Waals surface area contributed by atoms with E-state index in [1.54, 1.807) is 0 Å². The van der Waals surface area contributed by atoms with E-state index >= 15 is 0 Å². The second kappa shape index (κ2) is 1.42. The second-order valence-electron chi connectivity index (χ2n) is 4.58. The molecule has 2 aliphatic carbocycles. The van der Waals surface area contributed by atoms with Crippen LogP contribution in [0, 0.1) is 11.3 Å². The molecule has 2 saturated carbocycles. The standard InChI is InChI=1S/C9H15N/c1-9-5-4-7(9)10-8(9)6-2-3-6/h6-8,10H,2-5H2,1H3. The SMILES string of the molecule is CC12CCC1NC2C1CC1. The fourth-order valence-corrected chi connectivity index (χ4v) is 2.80.